The molecular weight excluding hydrogens is 347 g/mol. The molecular formula is C13H17KN4O6. The van der Waals surface area contributed by atoms with E-state index in [0.717, 1.165) is 6.20 Å². The Balaban J connectivity index is 0.00000170. The molecule has 0 unspecified atom stereocenters. The fourth-order valence-corrected chi connectivity index (χ4v) is 2.11. The minimum Gasteiger partial charge on any atom is -0.817 e. The van der Waals surface area contributed by atoms with E-state index in [-0.39, 0.29) is 70.3 Å². The Hall–Kier alpha value is -1.24. The first-order valence-corrected chi connectivity index (χ1v) is 6.41. The first-order chi connectivity index (χ1) is 10.9. The Bertz CT molecular complexity index is 677. The largest absolute Gasteiger partial charge is 1.00 e. The molecule has 0 spiro atoms. The van der Waals surface area contributed by atoms with Gasteiger partial charge in [0.15, 0.2) is 11.4 Å². The van der Waals surface area contributed by atoms with Crippen LogP contribution in [0.4, 0.5) is 0 Å². The fraction of sp³-hybridized carbons (Fsp3) is 0.385. The van der Waals surface area contributed by atoms with Crippen LogP contribution in [0, 0.1) is 0 Å². The molecule has 0 radical (unpaired) electrons. The second kappa shape index (κ2) is 9.91. The number of carbonyl (C=O) groups excluding carboxylic acids is 1. The molecule has 0 atom stereocenters. The predicted octanol–water partition coefficient (Wildman–Crippen LogP) is -3.86. The monoisotopic (exact) mass is 364 g/mol. The summed E-state index contributed by atoms with van der Waals surface area (Å²) in [6.07, 6.45) is 1.03. The Labute approximate surface area is 180 Å². The second-order valence-electron chi connectivity index (χ2n) is 4.58. The molecule has 0 saturated carbocycles. The number of fused-ring (bicyclic) bond motifs is 1. The number of hydrogen-bond acceptors (Lipinski definition) is 6. The summed E-state index contributed by atoms with van der Waals surface area (Å²) >= 11 is 0. The van der Waals surface area contributed by atoms with Crippen LogP contribution in [-0.4, -0.2) is 72.4 Å². The first kappa shape index (κ1) is 22.8. The third-order valence-corrected chi connectivity index (χ3v) is 3.19. The van der Waals surface area contributed by atoms with Gasteiger partial charge in [-0.2, -0.15) is 0 Å². The van der Waals surface area contributed by atoms with E-state index >= 15 is 0 Å². The normalized spacial score (nSPS) is 12.7. The quantitative estimate of drug-likeness (QED) is 0.412. The molecule has 2 rings (SSSR count). The van der Waals surface area contributed by atoms with Gasteiger partial charge in [-0.25, -0.2) is 11.5 Å². The number of hydrogen-bond donors (Lipinski definition) is 2. The number of ether oxygens (including phenoxy) is 1. The number of carbonyl (C=O) groups is 2. The van der Waals surface area contributed by atoms with E-state index in [0.29, 0.717) is 6.61 Å². The van der Waals surface area contributed by atoms with E-state index in [1.807, 2.05) is 0 Å². The number of methoxy groups -OCH3 is 1. The van der Waals surface area contributed by atoms with Crippen LogP contribution in [0.25, 0.3) is 5.41 Å². The molecule has 0 bridgehead atoms. The molecule has 0 aromatic carbocycles. The molecule has 2 N–H and O–H groups in total. The van der Waals surface area contributed by atoms with Gasteiger partial charge in [-0.05, 0) is 0 Å². The number of carboxylic acid groups (broad SMARTS) is 1. The van der Waals surface area contributed by atoms with E-state index in [1.165, 1.54) is 21.7 Å². The molecule has 1 amide bonds. The molecule has 11 heteroatoms. The van der Waals surface area contributed by atoms with Crippen molar-refractivity contribution in [2.45, 2.75) is 0 Å². The van der Waals surface area contributed by atoms with Gasteiger partial charge >= 0.3 is 57.4 Å². The van der Waals surface area contributed by atoms with Gasteiger partial charge < -0.3 is 25.3 Å². The molecule has 24 heavy (non-hydrogen) atoms. The van der Waals surface area contributed by atoms with Crippen molar-refractivity contribution in [2.75, 3.05) is 39.0 Å². The zero-order valence-electron chi connectivity index (χ0n) is 13.7. The molecule has 1 aliphatic rings. The van der Waals surface area contributed by atoms with Gasteiger partial charge in [0.25, 0.3) is 5.91 Å². The minimum absolute atomic E-state index is 0. The van der Waals surface area contributed by atoms with Gasteiger partial charge in [-0.3, -0.25) is 19.3 Å². The maximum absolute atomic E-state index is 12.3. The van der Waals surface area contributed by atoms with E-state index in [1.54, 1.807) is 7.05 Å². The van der Waals surface area contributed by atoms with Crippen molar-refractivity contribution < 1.29 is 75.9 Å². The topological polar surface area (TPSA) is 135 Å². The average Bonchev–Trinajstić information content (AvgIpc) is 2.53. The molecule has 1 aromatic heterocycles. The van der Waals surface area contributed by atoms with E-state index in [4.69, 9.17) is 15.3 Å². The van der Waals surface area contributed by atoms with Gasteiger partial charge in [0, 0.05) is 26.9 Å². The molecule has 126 valence electrons. The molecule has 0 fully saturated rings. The number of aromatic nitrogens is 1. The van der Waals surface area contributed by atoms with Crippen LogP contribution in [0.5, 0.6) is 5.75 Å². The first-order valence-electron chi connectivity index (χ1n) is 6.41. The third kappa shape index (κ3) is 4.43. The molecule has 1 aromatic rings. The van der Waals surface area contributed by atoms with Crippen LogP contribution < -0.4 is 61.8 Å². The molecule has 2 heterocycles. The van der Waals surface area contributed by atoms with Crippen LogP contribution in [0.15, 0.2) is 11.0 Å². The molecule has 10 nitrogen and oxygen atoms in total. The maximum Gasteiger partial charge on any atom is 1.00 e. The van der Waals surface area contributed by atoms with Crippen molar-refractivity contribution in [1.82, 2.24) is 9.58 Å². The third-order valence-electron chi connectivity index (χ3n) is 3.19. The average molecular weight is 364 g/mol. The van der Waals surface area contributed by atoms with E-state index in [2.05, 4.69) is 6.72 Å². The van der Waals surface area contributed by atoms with Crippen LogP contribution in [-0.2, 0) is 4.74 Å². The van der Waals surface area contributed by atoms with E-state index in [9.17, 15) is 19.5 Å². The number of nitrogens with zero attached hydrogens (tertiary/aromatic N) is 4. The number of aromatic carboxylic acids is 1. The summed E-state index contributed by atoms with van der Waals surface area (Å²) in [5, 5.41) is 27.1. The van der Waals surface area contributed by atoms with Crippen molar-refractivity contribution in [3.63, 3.8) is 0 Å². The Morgan fingerprint density at radius 2 is 2.00 bits per heavy atom. The maximum atomic E-state index is 12.3. The minimum atomic E-state index is -1.46. The van der Waals surface area contributed by atoms with Gasteiger partial charge in [-0.1, -0.05) is 0 Å². The number of rotatable bonds is 4. The summed E-state index contributed by atoms with van der Waals surface area (Å²) in [6, 6.07) is 0. The summed E-state index contributed by atoms with van der Waals surface area (Å²) in [6.45, 7) is 3.02. The standard InChI is InChI=1S/C12H15N3O6.CH2N.K/c1-13-6-14(3-4-21-2)11(18)8-10(17)9(16)7(12(19)20)5-15(8)13;1-2;/h5,17H,3-4,6H2,1-2H3,(H,19,20);1H2;/q;-1;+1. The van der Waals surface area contributed by atoms with E-state index < -0.39 is 28.6 Å². The Morgan fingerprint density at radius 1 is 1.42 bits per heavy atom. The zero-order chi connectivity index (χ0) is 17.7. The number of pyridine rings is 1. The van der Waals surface area contributed by atoms with Crippen molar-refractivity contribution in [1.29, 1.82) is 0 Å². The smallest absolute Gasteiger partial charge is 0.817 e. The van der Waals surface area contributed by atoms with Crippen LogP contribution in [0.2, 0.25) is 0 Å². The van der Waals surface area contributed by atoms with Gasteiger partial charge in [0.1, 0.15) is 12.2 Å². The Morgan fingerprint density at radius 3 is 2.50 bits per heavy atom. The van der Waals surface area contributed by atoms with Crippen molar-refractivity contribution in [3.05, 3.63) is 33.1 Å². The summed E-state index contributed by atoms with van der Waals surface area (Å²) in [5.41, 5.74) is -1.93. The van der Waals surface area contributed by atoms with Crippen LogP contribution >= 0.6 is 0 Å². The van der Waals surface area contributed by atoms with Gasteiger partial charge in [0.2, 0.25) is 5.43 Å². The summed E-state index contributed by atoms with van der Waals surface area (Å²) < 4.78 is 6.07. The molecule has 1 aliphatic heterocycles. The summed E-state index contributed by atoms with van der Waals surface area (Å²) in [5.74, 6) is -2.89. The number of aromatic hydroxyl groups is 1. The SMILES string of the molecule is C=[N-].COCCN1CN(C)n2cc(C(=O)O)c(=O)c(O)c2C1=O.[K+]. The van der Waals surface area contributed by atoms with Gasteiger partial charge in [0.05, 0.1) is 6.61 Å². The number of amides is 1. The predicted molar refractivity (Wildman–Crippen MR) is 81.7 cm³/mol. The second-order valence-corrected chi connectivity index (χ2v) is 4.58. The van der Waals surface area contributed by atoms with Gasteiger partial charge in [-0.15, -0.1) is 0 Å². The zero-order valence-corrected chi connectivity index (χ0v) is 16.8. The van der Waals surface area contributed by atoms with Crippen LogP contribution in [0.1, 0.15) is 20.8 Å². The molecule has 0 aliphatic carbocycles. The summed E-state index contributed by atoms with van der Waals surface area (Å²) in [7, 11) is 3.10. The van der Waals surface area contributed by atoms with Crippen molar-refractivity contribution in [3.8, 4) is 5.75 Å². The number of carboxylic acids is 1. The molecule has 0 saturated heterocycles. The van der Waals surface area contributed by atoms with Crippen molar-refractivity contribution >= 4 is 18.6 Å². The summed E-state index contributed by atoms with van der Waals surface area (Å²) in [4.78, 5) is 36.5. The van der Waals surface area contributed by atoms with Crippen LogP contribution in [0.3, 0.4) is 0 Å². The van der Waals surface area contributed by atoms with Crippen molar-refractivity contribution in [2.24, 2.45) is 0 Å². The fourth-order valence-electron chi connectivity index (χ4n) is 2.11. The Kier molecular flexibility index (Phi) is 9.40.